The number of hydrogen-bond donors (Lipinski definition) is 0. The molecule has 2 rings (SSSR count). The predicted octanol–water partition coefficient (Wildman–Crippen LogP) is 1.61. The summed E-state index contributed by atoms with van der Waals surface area (Å²) in [7, 11) is 0. The third-order valence-corrected chi connectivity index (χ3v) is 1.82. The van der Waals surface area contributed by atoms with Gasteiger partial charge in [-0.2, -0.15) is 0 Å². The zero-order valence-corrected chi connectivity index (χ0v) is 7.92. The number of pyridine rings is 1. The Kier molecular flexibility index (Phi) is 2.78. The van der Waals surface area contributed by atoms with Gasteiger partial charge in [0.05, 0.1) is 6.26 Å². The average molecular weight is 203 g/mol. The Hall–Kier alpha value is -2.10. The summed E-state index contributed by atoms with van der Waals surface area (Å²) in [5.41, 5.74) is 0.433. The maximum Gasteiger partial charge on any atom is 0.378 e. The van der Waals surface area contributed by atoms with E-state index in [0.717, 1.165) is 5.56 Å². The van der Waals surface area contributed by atoms with Crippen LogP contribution in [-0.2, 0) is 6.61 Å². The van der Waals surface area contributed by atoms with E-state index in [4.69, 9.17) is 4.74 Å². The van der Waals surface area contributed by atoms with Crippen molar-refractivity contribution < 1.29 is 9.15 Å². The Morgan fingerprint density at radius 3 is 3.00 bits per heavy atom. The number of nitrogens with zero attached hydrogens (tertiary/aromatic N) is 1. The SMILES string of the molecule is O=c1occcc1OCc1cccnc1. The van der Waals surface area contributed by atoms with Crippen LogP contribution in [0.3, 0.4) is 0 Å². The molecule has 4 nitrogen and oxygen atoms in total. The summed E-state index contributed by atoms with van der Waals surface area (Å²) >= 11 is 0. The quantitative estimate of drug-likeness (QED) is 0.760. The third kappa shape index (κ3) is 2.43. The van der Waals surface area contributed by atoms with Crippen molar-refractivity contribution in [2.45, 2.75) is 6.61 Å². The molecule has 0 radical (unpaired) electrons. The van der Waals surface area contributed by atoms with Gasteiger partial charge in [0.25, 0.3) is 0 Å². The van der Waals surface area contributed by atoms with Crippen molar-refractivity contribution in [1.82, 2.24) is 4.98 Å². The van der Waals surface area contributed by atoms with Crippen LogP contribution in [0.15, 0.2) is 52.1 Å². The first-order chi connectivity index (χ1) is 7.36. The lowest BCUT2D eigenvalue weighted by molar-refractivity contribution is 0.287. The molecule has 2 aromatic heterocycles. The van der Waals surface area contributed by atoms with Crippen LogP contribution in [0.4, 0.5) is 0 Å². The van der Waals surface area contributed by atoms with Gasteiger partial charge < -0.3 is 9.15 Å². The van der Waals surface area contributed by atoms with E-state index in [2.05, 4.69) is 9.40 Å². The molecule has 0 unspecified atom stereocenters. The van der Waals surface area contributed by atoms with E-state index in [1.165, 1.54) is 6.26 Å². The summed E-state index contributed by atoms with van der Waals surface area (Å²) in [5, 5.41) is 0. The van der Waals surface area contributed by atoms with Gasteiger partial charge in [-0.3, -0.25) is 4.98 Å². The standard InChI is InChI=1S/C11H9NO3/c13-11-10(4-2-6-14-11)15-8-9-3-1-5-12-7-9/h1-7H,8H2. The van der Waals surface area contributed by atoms with E-state index in [1.807, 2.05) is 12.1 Å². The molecule has 0 saturated heterocycles. The highest BCUT2D eigenvalue weighted by molar-refractivity contribution is 5.15. The molecule has 76 valence electrons. The van der Waals surface area contributed by atoms with Crippen molar-refractivity contribution in [1.29, 1.82) is 0 Å². The molecule has 0 N–H and O–H groups in total. The molecule has 15 heavy (non-hydrogen) atoms. The van der Waals surface area contributed by atoms with Gasteiger partial charge in [0.1, 0.15) is 6.61 Å². The van der Waals surface area contributed by atoms with Crippen LogP contribution in [-0.4, -0.2) is 4.98 Å². The topological polar surface area (TPSA) is 52.3 Å². The number of rotatable bonds is 3. The van der Waals surface area contributed by atoms with E-state index in [0.29, 0.717) is 6.61 Å². The van der Waals surface area contributed by atoms with Crippen LogP contribution in [0, 0.1) is 0 Å². The molecule has 0 fully saturated rings. The highest BCUT2D eigenvalue weighted by Gasteiger charge is 2.00. The lowest BCUT2D eigenvalue weighted by atomic mass is 10.3. The van der Waals surface area contributed by atoms with Gasteiger partial charge in [0.15, 0.2) is 0 Å². The second-order valence-electron chi connectivity index (χ2n) is 2.91. The molecule has 0 saturated carbocycles. The minimum atomic E-state index is -0.471. The molecule has 0 aliphatic heterocycles. The summed E-state index contributed by atoms with van der Waals surface area (Å²) in [4.78, 5) is 15.1. The molecule has 0 aliphatic rings. The van der Waals surface area contributed by atoms with Crippen molar-refractivity contribution >= 4 is 0 Å². The molecule has 0 aliphatic carbocycles. The van der Waals surface area contributed by atoms with Gasteiger partial charge in [0, 0.05) is 18.0 Å². The fraction of sp³-hybridized carbons (Fsp3) is 0.0909. The molecule has 0 aromatic carbocycles. The molecular formula is C11H9NO3. The first kappa shape index (κ1) is 9.45. The summed E-state index contributed by atoms with van der Waals surface area (Å²) in [6, 6.07) is 6.87. The molecule has 0 bridgehead atoms. The highest BCUT2D eigenvalue weighted by Crippen LogP contribution is 2.05. The van der Waals surface area contributed by atoms with Crippen LogP contribution in [0.2, 0.25) is 0 Å². The minimum absolute atomic E-state index is 0.210. The van der Waals surface area contributed by atoms with Crippen LogP contribution in [0.5, 0.6) is 5.75 Å². The van der Waals surface area contributed by atoms with Crippen molar-refractivity contribution in [2.24, 2.45) is 0 Å². The summed E-state index contributed by atoms with van der Waals surface area (Å²) in [6.45, 7) is 0.308. The van der Waals surface area contributed by atoms with Crippen LogP contribution < -0.4 is 10.4 Å². The zero-order chi connectivity index (χ0) is 10.5. The van der Waals surface area contributed by atoms with Gasteiger partial charge >= 0.3 is 5.63 Å². The first-order valence-corrected chi connectivity index (χ1v) is 4.46. The summed E-state index contributed by atoms with van der Waals surface area (Å²) in [5.74, 6) is 0.210. The number of hydrogen-bond acceptors (Lipinski definition) is 4. The fourth-order valence-electron chi connectivity index (χ4n) is 1.11. The van der Waals surface area contributed by atoms with E-state index < -0.39 is 5.63 Å². The molecule has 0 atom stereocenters. The lowest BCUT2D eigenvalue weighted by Gasteiger charge is -2.03. The predicted molar refractivity (Wildman–Crippen MR) is 53.5 cm³/mol. The molecular weight excluding hydrogens is 194 g/mol. The second-order valence-corrected chi connectivity index (χ2v) is 2.91. The smallest absolute Gasteiger partial charge is 0.378 e. The molecule has 0 spiro atoms. The third-order valence-electron chi connectivity index (χ3n) is 1.82. The van der Waals surface area contributed by atoms with Gasteiger partial charge in [-0.05, 0) is 18.2 Å². The van der Waals surface area contributed by atoms with Crippen LogP contribution in [0.1, 0.15) is 5.56 Å². The van der Waals surface area contributed by atoms with E-state index in [9.17, 15) is 4.79 Å². The largest absolute Gasteiger partial charge is 0.482 e. The van der Waals surface area contributed by atoms with E-state index >= 15 is 0 Å². The van der Waals surface area contributed by atoms with E-state index in [1.54, 1.807) is 24.5 Å². The van der Waals surface area contributed by atoms with Crippen LogP contribution >= 0.6 is 0 Å². The maximum atomic E-state index is 11.1. The Balaban J connectivity index is 2.06. The van der Waals surface area contributed by atoms with Gasteiger partial charge in [0.2, 0.25) is 5.75 Å². The van der Waals surface area contributed by atoms with Gasteiger partial charge in [-0.25, -0.2) is 4.79 Å². The summed E-state index contributed by atoms with van der Waals surface area (Å²) < 4.78 is 9.93. The second kappa shape index (κ2) is 4.41. The highest BCUT2D eigenvalue weighted by atomic mass is 16.5. The van der Waals surface area contributed by atoms with Gasteiger partial charge in [-0.1, -0.05) is 6.07 Å². The first-order valence-electron chi connectivity index (χ1n) is 4.46. The molecule has 2 aromatic rings. The average Bonchev–Trinajstić information content (AvgIpc) is 2.29. The van der Waals surface area contributed by atoms with Crippen LogP contribution in [0.25, 0.3) is 0 Å². The van der Waals surface area contributed by atoms with Crippen molar-refractivity contribution in [2.75, 3.05) is 0 Å². The van der Waals surface area contributed by atoms with Crippen molar-refractivity contribution in [3.05, 3.63) is 58.9 Å². The fourth-order valence-corrected chi connectivity index (χ4v) is 1.11. The van der Waals surface area contributed by atoms with Gasteiger partial charge in [-0.15, -0.1) is 0 Å². The van der Waals surface area contributed by atoms with Crippen molar-refractivity contribution in [3.8, 4) is 5.75 Å². The lowest BCUT2D eigenvalue weighted by Crippen LogP contribution is -2.05. The normalized spacial score (nSPS) is 9.87. The zero-order valence-electron chi connectivity index (χ0n) is 7.92. The Morgan fingerprint density at radius 2 is 2.27 bits per heavy atom. The number of ether oxygens (including phenoxy) is 1. The molecule has 4 heteroatoms. The number of aromatic nitrogens is 1. The monoisotopic (exact) mass is 203 g/mol. The Morgan fingerprint density at radius 1 is 1.33 bits per heavy atom. The minimum Gasteiger partial charge on any atom is -0.482 e. The van der Waals surface area contributed by atoms with E-state index in [-0.39, 0.29) is 5.75 Å². The summed E-state index contributed by atoms with van der Waals surface area (Å²) in [6.07, 6.45) is 4.68. The molecule has 2 heterocycles. The Labute approximate surface area is 86.2 Å². The molecule has 0 amide bonds. The van der Waals surface area contributed by atoms with Crippen molar-refractivity contribution in [3.63, 3.8) is 0 Å². The Bertz CT molecular complexity index is 478. The maximum absolute atomic E-state index is 11.1.